The van der Waals surface area contributed by atoms with Crippen molar-refractivity contribution in [1.82, 2.24) is 25.5 Å². The third-order valence-electron chi connectivity index (χ3n) is 12.3. The lowest BCUT2D eigenvalue weighted by molar-refractivity contribution is -0.266. The Kier molecular flexibility index (Phi) is 14.9. The Morgan fingerprint density at radius 2 is 1.71 bits per heavy atom. The van der Waals surface area contributed by atoms with Crippen LogP contribution in [-0.4, -0.2) is 119 Å². The number of alkyl carbamates (subject to hydrolysis) is 2. The number of aliphatic hydroxyl groups is 1. The number of nitrogens with one attached hydrogen (secondary N) is 2. The van der Waals surface area contributed by atoms with Crippen LogP contribution in [0, 0.1) is 23.7 Å². The highest BCUT2D eigenvalue weighted by Crippen LogP contribution is 2.41. The average molecular weight is 822 g/mol. The summed E-state index contributed by atoms with van der Waals surface area (Å²) in [5.74, 6) is -3.79. The van der Waals surface area contributed by atoms with E-state index in [0.29, 0.717) is 12.2 Å². The smallest absolute Gasteiger partial charge is 0.408 e. The molecule has 15 heteroatoms. The molecule has 5 rings (SSSR count). The van der Waals surface area contributed by atoms with Crippen molar-refractivity contribution in [2.45, 2.75) is 135 Å². The number of nitrogens with zero attached hydrogens (tertiary/aromatic N) is 3. The Bertz CT molecular complexity index is 1800. The van der Waals surface area contributed by atoms with Crippen LogP contribution in [0.3, 0.4) is 0 Å². The van der Waals surface area contributed by atoms with Gasteiger partial charge in [-0.15, -0.1) is 0 Å². The SMILES string of the molecule is CC[C@H]1OC(=O)[C@H](C)[C@@H](O)[C@H](C)[C@@H](O[C@H]2C[C@@H](N(C)C)C[C@@H](C)O2)[C@](C)(OC(=O)NC/C=C/c2ccc(-c3ncccn3)cc2)C[C@@H](C)C(=O)[C@H](C)[C@H]2NC(=O)O[C@@]21C. The molecule has 3 N–H and O–H groups in total. The molecule has 4 heterocycles. The van der Waals surface area contributed by atoms with Crippen molar-refractivity contribution in [3.05, 3.63) is 54.4 Å². The van der Waals surface area contributed by atoms with Gasteiger partial charge in [0, 0.05) is 54.7 Å². The Balaban J connectivity index is 1.46. The van der Waals surface area contributed by atoms with Crippen LogP contribution in [0.1, 0.15) is 86.6 Å². The highest BCUT2D eigenvalue weighted by atomic mass is 16.7. The molecule has 3 aliphatic heterocycles. The Labute approximate surface area is 347 Å². The minimum absolute atomic E-state index is 0.0215. The molecule has 2 aromatic rings. The number of carbonyl (C=O) groups is 4. The summed E-state index contributed by atoms with van der Waals surface area (Å²) in [5.41, 5.74) is -1.18. The number of benzene rings is 1. The molecule has 1 aromatic heterocycles. The van der Waals surface area contributed by atoms with Crippen molar-refractivity contribution < 1.29 is 48.0 Å². The van der Waals surface area contributed by atoms with Crippen LogP contribution >= 0.6 is 0 Å². The number of hydrogen-bond donors (Lipinski definition) is 3. The first-order valence-electron chi connectivity index (χ1n) is 20.8. The first-order chi connectivity index (χ1) is 27.9. The van der Waals surface area contributed by atoms with Gasteiger partial charge >= 0.3 is 18.2 Å². The van der Waals surface area contributed by atoms with Gasteiger partial charge in [0.2, 0.25) is 0 Å². The highest BCUT2D eigenvalue weighted by Gasteiger charge is 2.57. The number of ketones is 1. The van der Waals surface area contributed by atoms with Crippen LogP contribution in [0.4, 0.5) is 9.59 Å². The zero-order valence-electron chi connectivity index (χ0n) is 36.0. The number of Topliss-reactive ketones (excluding diaryl/α,β-unsaturated/α-hetero) is 1. The molecule has 13 atom stereocenters. The molecule has 2 amide bonds. The molecule has 324 valence electrons. The molecule has 0 spiro atoms. The molecule has 3 saturated heterocycles. The number of ether oxygens (including phenoxy) is 5. The van der Waals surface area contributed by atoms with Crippen molar-refractivity contribution in [2.75, 3.05) is 20.6 Å². The van der Waals surface area contributed by atoms with Gasteiger partial charge in [-0.1, -0.05) is 64.1 Å². The van der Waals surface area contributed by atoms with Gasteiger partial charge in [-0.3, -0.25) is 9.59 Å². The third-order valence-corrected chi connectivity index (χ3v) is 12.3. The van der Waals surface area contributed by atoms with Crippen molar-refractivity contribution >= 4 is 30.0 Å². The lowest BCUT2D eigenvalue weighted by Crippen LogP contribution is -2.59. The molecule has 3 fully saturated rings. The van der Waals surface area contributed by atoms with Gasteiger partial charge in [-0.2, -0.15) is 0 Å². The molecule has 0 bridgehead atoms. The summed E-state index contributed by atoms with van der Waals surface area (Å²) in [7, 11) is 3.98. The first-order valence-corrected chi connectivity index (χ1v) is 20.8. The van der Waals surface area contributed by atoms with Gasteiger partial charge in [-0.25, -0.2) is 19.6 Å². The molecule has 0 unspecified atom stereocenters. The predicted octanol–water partition coefficient (Wildman–Crippen LogP) is 5.55. The molecule has 0 saturated carbocycles. The number of carbonyl (C=O) groups excluding carboxylic acids is 4. The van der Waals surface area contributed by atoms with Crippen molar-refractivity contribution in [3.8, 4) is 11.4 Å². The number of esters is 1. The quantitative estimate of drug-likeness (QED) is 0.211. The fourth-order valence-corrected chi connectivity index (χ4v) is 8.96. The van der Waals surface area contributed by atoms with Gasteiger partial charge < -0.3 is 44.3 Å². The average Bonchev–Trinajstić information content (AvgIpc) is 3.52. The monoisotopic (exact) mass is 821 g/mol. The third kappa shape index (κ3) is 10.7. The summed E-state index contributed by atoms with van der Waals surface area (Å²) in [4.78, 5) is 65.6. The van der Waals surface area contributed by atoms with E-state index in [1.54, 1.807) is 73.0 Å². The van der Waals surface area contributed by atoms with E-state index in [1.165, 1.54) is 0 Å². The second kappa shape index (κ2) is 19.3. The van der Waals surface area contributed by atoms with Crippen molar-refractivity contribution in [3.63, 3.8) is 0 Å². The zero-order valence-corrected chi connectivity index (χ0v) is 36.0. The van der Waals surface area contributed by atoms with Gasteiger partial charge in [0.1, 0.15) is 23.6 Å². The fourth-order valence-electron chi connectivity index (χ4n) is 8.96. The van der Waals surface area contributed by atoms with E-state index in [-0.39, 0.29) is 37.3 Å². The summed E-state index contributed by atoms with van der Waals surface area (Å²) in [6.07, 6.45) is 2.76. The molecule has 15 nitrogen and oxygen atoms in total. The van der Waals surface area contributed by atoms with Crippen LogP contribution in [0.5, 0.6) is 0 Å². The molecule has 0 aliphatic carbocycles. The van der Waals surface area contributed by atoms with E-state index in [2.05, 4.69) is 25.5 Å². The maximum absolute atomic E-state index is 14.4. The predicted molar refractivity (Wildman–Crippen MR) is 220 cm³/mol. The number of fused-ring (bicyclic) bond motifs is 1. The summed E-state index contributed by atoms with van der Waals surface area (Å²) in [5, 5.41) is 17.6. The minimum atomic E-state index is -1.56. The van der Waals surface area contributed by atoms with Crippen LogP contribution in [-0.2, 0) is 33.3 Å². The summed E-state index contributed by atoms with van der Waals surface area (Å²) in [6.45, 7) is 14.0. The van der Waals surface area contributed by atoms with Gasteiger partial charge in [0.25, 0.3) is 0 Å². The fraction of sp³-hybridized carbons (Fsp3) is 0.636. The first kappa shape index (κ1) is 45.6. The van der Waals surface area contributed by atoms with Crippen LogP contribution in [0.2, 0.25) is 0 Å². The van der Waals surface area contributed by atoms with E-state index in [9.17, 15) is 24.3 Å². The number of amides is 2. The topological polar surface area (TPSA) is 188 Å². The number of rotatable bonds is 9. The van der Waals surface area contributed by atoms with Crippen LogP contribution in [0.25, 0.3) is 17.5 Å². The van der Waals surface area contributed by atoms with E-state index >= 15 is 0 Å². The number of aliphatic hydroxyl groups excluding tert-OH is 1. The Hall–Kier alpha value is -4.44. The molecule has 3 aliphatic rings. The Morgan fingerprint density at radius 1 is 1.03 bits per heavy atom. The molecule has 1 aromatic carbocycles. The summed E-state index contributed by atoms with van der Waals surface area (Å²) >= 11 is 0. The van der Waals surface area contributed by atoms with Gasteiger partial charge in [0.15, 0.2) is 17.7 Å². The molecule has 59 heavy (non-hydrogen) atoms. The lowest BCUT2D eigenvalue weighted by Gasteiger charge is -2.46. The summed E-state index contributed by atoms with van der Waals surface area (Å²) in [6, 6.07) is 8.70. The van der Waals surface area contributed by atoms with Crippen LogP contribution in [0.15, 0.2) is 48.8 Å². The largest absolute Gasteiger partial charge is 0.458 e. The second-order valence-electron chi connectivity index (χ2n) is 17.2. The normalized spacial score (nSPS) is 35.9. The van der Waals surface area contributed by atoms with E-state index in [4.69, 9.17) is 23.7 Å². The highest BCUT2D eigenvalue weighted by molar-refractivity contribution is 5.85. The number of aromatic nitrogens is 2. The Morgan fingerprint density at radius 3 is 2.36 bits per heavy atom. The maximum Gasteiger partial charge on any atom is 0.408 e. The van der Waals surface area contributed by atoms with E-state index in [0.717, 1.165) is 17.5 Å². The van der Waals surface area contributed by atoms with Gasteiger partial charge in [-0.05, 0) is 72.7 Å². The van der Waals surface area contributed by atoms with Gasteiger partial charge in [0.05, 0.1) is 24.2 Å². The lowest BCUT2D eigenvalue weighted by atomic mass is 9.73. The van der Waals surface area contributed by atoms with Crippen molar-refractivity contribution in [1.29, 1.82) is 0 Å². The molecular weight excluding hydrogens is 759 g/mol. The number of hydrogen-bond acceptors (Lipinski definition) is 13. The zero-order chi connectivity index (χ0) is 43.2. The number of cyclic esters (lactones) is 1. The van der Waals surface area contributed by atoms with Crippen molar-refractivity contribution in [2.24, 2.45) is 23.7 Å². The van der Waals surface area contributed by atoms with E-state index in [1.807, 2.05) is 51.4 Å². The standard InChI is InChI=1S/C44H63N5O10/c1-11-33-44(8)37(48-42(54)59-44)27(4)35(50)25(2)24-43(7,58-41(53)47-19-12-14-30-15-17-31(18-16-30)39-45-20-13-21-46-39)38(28(5)36(51)29(6)40(52)56-33)57-34-23-32(49(9)10)22-26(3)55-34/h12-18,20-21,25-29,32-34,36-38,51H,11,19,22-24H2,1-10H3,(H,47,53)(H,48,54)/b14-12+/t25-,26-,27+,28+,29-,32+,33-,34+,36+,37-,38-,43-,44-/m1/s1. The molecule has 0 radical (unpaired) electrons. The summed E-state index contributed by atoms with van der Waals surface area (Å²) < 4.78 is 31.3. The molecular formula is C44H63N5O10. The minimum Gasteiger partial charge on any atom is -0.458 e. The second-order valence-corrected chi connectivity index (χ2v) is 17.2. The van der Waals surface area contributed by atoms with E-state index < -0.39 is 83.7 Å². The van der Waals surface area contributed by atoms with Crippen LogP contribution < -0.4 is 10.6 Å². The maximum atomic E-state index is 14.4.